The third-order valence-corrected chi connectivity index (χ3v) is 3.86. The number of benzene rings is 1. The Morgan fingerprint density at radius 1 is 1.21 bits per heavy atom. The third kappa shape index (κ3) is 3.17. The molecule has 1 N–H and O–H groups in total. The van der Waals surface area contributed by atoms with Gasteiger partial charge in [-0.05, 0) is 24.5 Å². The van der Waals surface area contributed by atoms with Crippen LogP contribution in [0, 0.1) is 6.92 Å². The fourth-order valence-corrected chi connectivity index (χ4v) is 2.49. The Hall–Kier alpha value is -1.32. The monoisotopic (exact) mass is 277 g/mol. The maximum absolute atomic E-state index is 6.23. The van der Waals surface area contributed by atoms with Gasteiger partial charge in [-0.3, -0.25) is 4.68 Å². The SMILES string of the molecule is CCc1ccccc1CNCc1c(Cl)c(C)nn1C. The van der Waals surface area contributed by atoms with Crippen molar-refractivity contribution in [1.29, 1.82) is 0 Å². The Morgan fingerprint density at radius 3 is 2.47 bits per heavy atom. The highest BCUT2D eigenvalue weighted by molar-refractivity contribution is 6.31. The van der Waals surface area contributed by atoms with Crippen LogP contribution in [0.1, 0.15) is 29.4 Å². The predicted octanol–water partition coefficient (Wildman–Crippen LogP) is 3.23. The Labute approximate surface area is 119 Å². The molecule has 19 heavy (non-hydrogen) atoms. The maximum atomic E-state index is 6.23. The van der Waals surface area contributed by atoms with Crippen LogP contribution in [0.4, 0.5) is 0 Å². The fraction of sp³-hybridized carbons (Fsp3) is 0.400. The first kappa shape index (κ1) is 14.1. The van der Waals surface area contributed by atoms with Gasteiger partial charge in [-0.1, -0.05) is 42.8 Å². The summed E-state index contributed by atoms with van der Waals surface area (Å²) < 4.78 is 1.84. The molecule has 3 nitrogen and oxygen atoms in total. The first-order chi connectivity index (χ1) is 9.13. The van der Waals surface area contributed by atoms with Gasteiger partial charge in [0.2, 0.25) is 0 Å². The van der Waals surface area contributed by atoms with E-state index >= 15 is 0 Å². The number of nitrogens with one attached hydrogen (secondary N) is 1. The lowest BCUT2D eigenvalue weighted by molar-refractivity contribution is 0.623. The van der Waals surface area contributed by atoms with Gasteiger partial charge < -0.3 is 5.32 Å². The Bertz CT molecular complexity index is 561. The summed E-state index contributed by atoms with van der Waals surface area (Å²) in [5.41, 5.74) is 4.66. The first-order valence-corrected chi connectivity index (χ1v) is 6.96. The number of nitrogens with zero attached hydrogens (tertiary/aromatic N) is 2. The molecule has 0 spiro atoms. The van der Waals surface area contributed by atoms with Crippen molar-refractivity contribution < 1.29 is 0 Å². The average Bonchev–Trinajstić information content (AvgIpc) is 2.65. The second-order valence-corrected chi connectivity index (χ2v) is 5.07. The molecule has 0 atom stereocenters. The molecule has 102 valence electrons. The lowest BCUT2D eigenvalue weighted by Gasteiger charge is -2.09. The molecule has 0 amide bonds. The van der Waals surface area contributed by atoms with Crippen molar-refractivity contribution in [2.75, 3.05) is 0 Å². The van der Waals surface area contributed by atoms with Crippen LogP contribution in [-0.2, 0) is 26.6 Å². The second kappa shape index (κ2) is 6.22. The molecule has 0 aliphatic carbocycles. The quantitative estimate of drug-likeness (QED) is 0.909. The zero-order valence-electron chi connectivity index (χ0n) is 11.7. The van der Waals surface area contributed by atoms with E-state index in [1.807, 2.05) is 18.7 Å². The van der Waals surface area contributed by atoms with Crippen molar-refractivity contribution in [2.24, 2.45) is 7.05 Å². The van der Waals surface area contributed by atoms with Crippen molar-refractivity contribution in [3.05, 3.63) is 51.8 Å². The summed E-state index contributed by atoms with van der Waals surface area (Å²) in [5, 5.41) is 8.52. The molecule has 0 bridgehead atoms. The lowest BCUT2D eigenvalue weighted by atomic mass is 10.1. The summed E-state index contributed by atoms with van der Waals surface area (Å²) in [6, 6.07) is 8.52. The second-order valence-electron chi connectivity index (χ2n) is 4.70. The molecule has 1 aromatic heterocycles. The number of aromatic nitrogens is 2. The van der Waals surface area contributed by atoms with E-state index in [-0.39, 0.29) is 0 Å². The molecule has 1 aromatic carbocycles. The van der Waals surface area contributed by atoms with Gasteiger partial charge in [0, 0.05) is 20.1 Å². The van der Waals surface area contributed by atoms with Gasteiger partial charge in [-0.2, -0.15) is 5.10 Å². The summed E-state index contributed by atoms with van der Waals surface area (Å²) in [6.07, 6.45) is 1.06. The van der Waals surface area contributed by atoms with E-state index in [1.165, 1.54) is 11.1 Å². The lowest BCUT2D eigenvalue weighted by Crippen LogP contribution is -2.16. The largest absolute Gasteiger partial charge is 0.307 e. The molecule has 0 aliphatic heterocycles. The highest BCUT2D eigenvalue weighted by atomic mass is 35.5. The van der Waals surface area contributed by atoms with Crippen molar-refractivity contribution in [3.63, 3.8) is 0 Å². The summed E-state index contributed by atoms with van der Waals surface area (Å²) in [7, 11) is 1.93. The van der Waals surface area contributed by atoms with Crippen LogP contribution in [0.25, 0.3) is 0 Å². The van der Waals surface area contributed by atoms with Crippen LogP contribution >= 0.6 is 11.6 Å². The average molecular weight is 278 g/mol. The van der Waals surface area contributed by atoms with E-state index in [4.69, 9.17) is 11.6 Å². The minimum absolute atomic E-state index is 0.730. The minimum Gasteiger partial charge on any atom is -0.307 e. The van der Waals surface area contributed by atoms with Gasteiger partial charge >= 0.3 is 0 Å². The van der Waals surface area contributed by atoms with Crippen LogP contribution in [0.15, 0.2) is 24.3 Å². The van der Waals surface area contributed by atoms with Gasteiger partial charge in [0.1, 0.15) is 0 Å². The van der Waals surface area contributed by atoms with Crippen molar-refractivity contribution >= 4 is 11.6 Å². The molecular weight excluding hydrogens is 258 g/mol. The van der Waals surface area contributed by atoms with E-state index < -0.39 is 0 Å². The van der Waals surface area contributed by atoms with Gasteiger partial charge in [0.15, 0.2) is 0 Å². The van der Waals surface area contributed by atoms with Gasteiger partial charge in [0.05, 0.1) is 16.4 Å². The number of halogens is 1. The molecular formula is C15H20ClN3. The molecule has 0 fully saturated rings. The van der Waals surface area contributed by atoms with Crippen LogP contribution < -0.4 is 5.32 Å². The summed E-state index contributed by atoms with van der Waals surface area (Å²) >= 11 is 6.23. The number of aryl methyl sites for hydroxylation is 3. The van der Waals surface area contributed by atoms with Crippen LogP contribution in [-0.4, -0.2) is 9.78 Å². The number of hydrogen-bond donors (Lipinski definition) is 1. The Balaban J connectivity index is 2.00. The standard InChI is InChI=1S/C15H20ClN3/c1-4-12-7-5-6-8-13(12)9-17-10-14-15(16)11(2)18-19(14)3/h5-8,17H,4,9-10H2,1-3H3. The van der Waals surface area contributed by atoms with E-state index in [2.05, 4.69) is 41.6 Å². The zero-order chi connectivity index (χ0) is 13.8. The van der Waals surface area contributed by atoms with Crippen molar-refractivity contribution in [1.82, 2.24) is 15.1 Å². The Kier molecular flexibility index (Phi) is 4.61. The minimum atomic E-state index is 0.730. The first-order valence-electron chi connectivity index (χ1n) is 6.59. The molecule has 2 aromatic rings. The van der Waals surface area contributed by atoms with E-state index in [9.17, 15) is 0 Å². The molecule has 2 rings (SSSR count). The van der Waals surface area contributed by atoms with E-state index in [0.717, 1.165) is 35.9 Å². The number of hydrogen-bond acceptors (Lipinski definition) is 2. The van der Waals surface area contributed by atoms with Crippen LogP contribution in [0.3, 0.4) is 0 Å². The fourth-order valence-electron chi connectivity index (χ4n) is 2.26. The molecule has 1 heterocycles. The summed E-state index contributed by atoms with van der Waals surface area (Å²) in [4.78, 5) is 0. The zero-order valence-corrected chi connectivity index (χ0v) is 12.5. The molecule has 4 heteroatoms. The van der Waals surface area contributed by atoms with E-state index in [1.54, 1.807) is 0 Å². The Morgan fingerprint density at radius 2 is 1.89 bits per heavy atom. The van der Waals surface area contributed by atoms with Crippen LogP contribution in [0.2, 0.25) is 5.02 Å². The third-order valence-electron chi connectivity index (χ3n) is 3.37. The molecule has 0 saturated carbocycles. The van der Waals surface area contributed by atoms with Gasteiger partial charge in [0.25, 0.3) is 0 Å². The topological polar surface area (TPSA) is 29.9 Å². The van der Waals surface area contributed by atoms with Crippen molar-refractivity contribution in [3.8, 4) is 0 Å². The number of rotatable bonds is 5. The molecule has 0 aliphatic rings. The maximum Gasteiger partial charge on any atom is 0.0860 e. The predicted molar refractivity (Wildman–Crippen MR) is 79.3 cm³/mol. The molecule has 0 radical (unpaired) electrons. The summed E-state index contributed by atoms with van der Waals surface area (Å²) in [5.74, 6) is 0. The van der Waals surface area contributed by atoms with Crippen molar-refractivity contribution in [2.45, 2.75) is 33.4 Å². The smallest absolute Gasteiger partial charge is 0.0860 e. The van der Waals surface area contributed by atoms with Gasteiger partial charge in [-0.15, -0.1) is 0 Å². The molecule has 0 unspecified atom stereocenters. The van der Waals surface area contributed by atoms with E-state index in [0.29, 0.717) is 0 Å². The summed E-state index contributed by atoms with van der Waals surface area (Å²) in [6.45, 7) is 5.69. The highest BCUT2D eigenvalue weighted by Crippen LogP contribution is 2.19. The normalized spacial score (nSPS) is 10.9. The van der Waals surface area contributed by atoms with Gasteiger partial charge in [-0.25, -0.2) is 0 Å². The molecule has 0 saturated heterocycles. The van der Waals surface area contributed by atoms with Crippen LogP contribution in [0.5, 0.6) is 0 Å². The highest BCUT2D eigenvalue weighted by Gasteiger charge is 2.10.